The molecule has 3 heteroatoms. The maximum atomic E-state index is 11.4. The fourth-order valence-electron chi connectivity index (χ4n) is 1.33. The molecule has 0 aliphatic carbocycles. The van der Waals surface area contributed by atoms with Crippen LogP contribution in [0.2, 0.25) is 0 Å². The number of benzene rings is 1. The van der Waals surface area contributed by atoms with Crippen molar-refractivity contribution in [2.75, 3.05) is 13.2 Å². The highest BCUT2D eigenvalue weighted by Gasteiger charge is 2.08. The Kier molecular flexibility index (Phi) is 5.17. The van der Waals surface area contributed by atoms with Gasteiger partial charge in [0.1, 0.15) is 6.61 Å². The van der Waals surface area contributed by atoms with E-state index in [4.69, 9.17) is 9.84 Å². The summed E-state index contributed by atoms with van der Waals surface area (Å²) in [4.78, 5) is 11.4. The van der Waals surface area contributed by atoms with Gasteiger partial charge in [-0.25, -0.2) is 4.79 Å². The van der Waals surface area contributed by atoms with Crippen LogP contribution in [0.1, 0.15) is 11.1 Å². The Morgan fingerprint density at radius 1 is 1.35 bits per heavy atom. The second-order valence-electron chi connectivity index (χ2n) is 3.59. The fraction of sp³-hybridized carbons (Fsp3) is 0.214. The van der Waals surface area contributed by atoms with E-state index >= 15 is 0 Å². The number of hydrogen-bond donors (Lipinski definition) is 1. The van der Waals surface area contributed by atoms with Gasteiger partial charge in [0, 0.05) is 12.0 Å². The molecular weight excluding hydrogens is 216 g/mol. The molecule has 0 atom stereocenters. The first kappa shape index (κ1) is 13.2. The lowest BCUT2D eigenvalue weighted by atomic mass is 10.0. The average Bonchev–Trinajstić information content (AvgIpc) is 2.36. The van der Waals surface area contributed by atoms with E-state index in [1.807, 2.05) is 24.3 Å². The molecule has 0 saturated heterocycles. The van der Waals surface area contributed by atoms with Gasteiger partial charge < -0.3 is 9.84 Å². The van der Waals surface area contributed by atoms with E-state index in [1.54, 1.807) is 6.08 Å². The molecule has 1 aromatic rings. The van der Waals surface area contributed by atoms with Crippen molar-refractivity contribution in [3.63, 3.8) is 0 Å². The smallest absolute Gasteiger partial charge is 0.333 e. The lowest BCUT2D eigenvalue weighted by molar-refractivity contribution is -0.140. The van der Waals surface area contributed by atoms with Crippen molar-refractivity contribution < 1.29 is 14.6 Å². The third-order valence-electron chi connectivity index (χ3n) is 2.25. The van der Waals surface area contributed by atoms with E-state index in [9.17, 15) is 4.79 Å². The van der Waals surface area contributed by atoms with Gasteiger partial charge >= 0.3 is 5.97 Å². The van der Waals surface area contributed by atoms with Crippen LogP contribution in [-0.2, 0) is 16.0 Å². The van der Waals surface area contributed by atoms with Crippen molar-refractivity contribution in [3.05, 3.63) is 54.1 Å². The number of rotatable bonds is 6. The second-order valence-corrected chi connectivity index (χ2v) is 3.59. The van der Waals surface area contributed by atoms with E-state index < -0.39 is 5.97 Å². The molecule has 90 valence electrons. The van der Waals surface area contributed by atoms with Crippen molar-refractivity contribution in [2.24, 2.45) is 0 Å². The minimum Gasteiger partial charge on any atom is -0.460 e. The van der Waals surface area contributed by atoms with Gasteiger partial charge in [-0.15, -0.1) is 0 Å². The van der Waals surface area contributed by atoms with Gasteiger partial charge in [-0.05, 0) is 11.1 Å². The van der Waals surface area contributed by atoms with Crippen molar-refractivity contribution >= 4 is 12.0 Å². The molecule has 0 aliphatic rings. The molecule has 0 unspecified atom stereocenters. The molecule has 0 amide bonds. The Morgan fingerprint density at radius 2 is 2.00 bits per heavy atom. The number of carbonyl (C=O) groups is 1. The number of hydrogen-bond acceptors (Lipinski definition) is 3. The monoisotopic (exact) mass is 232 g/mol. The molecule has 1 rings (SSSR count). The number of esters is 1. The summed E-state index contributed by atoms with van der Waals surface area (Å²) in [6.07, 6.45) is 2.20. The fourth-order valence-corrected chi connectivity index (χ4v) is 1.33. The zero-order valence-corrected chi connectivity index (χ0v) is 9.69. The van der Waals surface area contributed by atoms with Crippen LogP contribution < -0.4 is 0 Å². The molecule has 0 saturated carbocycles. The third kappa shape index (κ3) is 4.25. The minimum atomic E-state index is -0.466. The average molecular weight is 232 g/mol. The molecule has 1 aromatic carbocycles. The molecule has 3 nitrogen and oxygen atoms in total. The summed E-state index contributed by atoms with van der Waals surface area (Å²) in [5.74, 6) is -0.466. The maximum absolute atomic E-state index is 11.4. The van der Waals surface area contributed by atoms with Crippen LogP contribution in [0.25, 0.3) is 6.08 Å². The Hall–Kier alpha value is -1.87. The summed E-state index contributed by atoms with van der Waals surface area (Å²) >= 11 is 0. The van der Waals surface area contributed by atoms with Gasteiger partial charge in [-0.2, -0.15) is 0 Å². The van der Waals surface area contributed by atoms with Gasteiger partial charge in [-0.3, -0.25) is 0 Å². The van der Waals surface area contributed by atoms with Gasteiger partial charge in [0.2, 0.25) is 0 Å². The normalized spacial score (nSPS) is 9.71. The molecule has 0 fully saturated rings. The Morgan fingerprint density at radius 3 is 2.53 bits per heavy atom. The molecule has 17 heavy (non-hydrogen) atoms. The predicted octanol–water partition coefficient (Wildman–Crippen LogP) is 1.96. The third-order valence-corrected chi connectivity index (χ3v) is 2.25. The van der Waals surface area contributed by atoms with E-state index in [1.165, 1.54) is 0 Å². The zero-order valence-electron chi connectivity index (χ0n) is 9.69. The first-order valence-corrected chi connectivity index (χ1v) is 5.34. The summed E-state index contributed by atoms with van der Waals surface area (Å²) in [6.45, 7) is 7.17. The first-order valence-electron chi connectivity index (χ1n) is 5.34. The number of aliphatic hydroxyl groups excluding tert-OH is 1. The van der Waals surface area contributed by atoms with Crippen molar-refractivity contribution in [3.8, 4) is 0 Å². The Labute approximate surface area is 101 Å². The van der Waals surface area contributed by atoms with Gasteiger partial charge in [0.15, 0.2) is 0 Å². The van der Waals surface area contributed by atoms with Crippen LogP contribution in [0.15, 0.2) is 43.0 Å². The molecule has 0 spiro atoms. The summed E-state index contributed by atoms with van der Waals surface area (Å²) in [6, 6.07) is 7.69. The number of aliphatic hydroxyl groups is 1. The molecule has 0 aliphatic heterocycles. The highest BCUT2D eigenvalue weighted by Crippen LogP contribution is 2.10. The Balaban J connectivity index is 2.55. The highest BCUT2D eigenvalue weighted by molar-refractivity contribution is 5.88. The van der Waals surface area contributed by atoms with Crippen LogP contribution in [-0.4, -0.2) is 24.3 Å². The lowest BCUT2D eigenvalue weighted by Crippen LogP contribution is -2.11. The Bertz CT molecular complexity index is 404. The number of ether oxygens (including phenoxy) is 1. The molecule has 0 bridgehead atoms. The quantitative estimate of drug-likeness (QED) is 0.602. The maximum Gasteiger partial charge on any atom is 0.333 e. The van der Waals surface area contributed by atoms with E-state index in [0.29, 0.717) is 12.0 Å². The van der Waals surface area contributed by atoms with E-state index in [2.05, 4.69) is 13.2 Å². The van der Waals surface area contributed by atoms with Crippen molar-refractivity contribution in [1.82, 2.24) is 0 Å². The van der Waals surface area contributed by atoms with Crippen LogP contribution in [0.4, 0.5) is 0 Å². The summed E-state index contributed by atoms with van der Waals surface area (Å²) < 4.78 is 4.77. The number of carbonyl (C=O) groups excluding carboxylic acids is 1. The molecule has 1 N–H and O–H groups in total. The predicted molar refractivity (Wildman–Crippen MR) is 67.4 cm³/mol. The van der Waals surface area contributed by atoms with E-state index in [0.717, 1.165) is 11.1 Å². The van der Waals surface area contributed by atoms with Gasteiger partial charge in [0.25, 0.3) is 0 Å². The SMILES string of the molecule is C=Cc1ccc(CC(=C)C(=O)OCCO)cc1. The lowest BCUT2D eigenvalue weighted by Gasteiger charge is -2.06. The minimum absolute atomic E-state index is 0.00720. The topological polar surface area (TPSA) is 46.5 Å². The summed E-state index contributed by atoms with van der Waals surface area (Å²) in [7, 11) is 0. The molecule has 0 aromatic heterocycles. The zero-order chi connectivity index (χ0) is 12.7. The van der Waals surface area contributed by atoms with Crippen LogP contribution in [0.3, 0.4) is 0 Å². The highest BCUT2D eigenvalue weighted by atomic mass is 16.5. The van der Waals surface area contributed by atoms with Crippen molar-refractivity contribution in [2.45, 2.75) is 6.42 Å². The van der Waals surface area contributed by atoms with Crippen LogP contribution >= 0.6 is 0 Å². The van der Waals surface area contributed by atoms with Gasteiger partial charge in [0.05, 0.1) is 6.61 Å². The largest absolute Gasteiger partial charge is 0.460 e. The summed E-state index contributed by atoms with van der Waals surface area (Å²) in [5.41, 5.74) is 2.40. The second kappa shape index (κ2) is 6.66. The molecular formula is C14H16O3. The van der Waals surface area contributed by atoms with Gasteiger partial charge in [-0.1, -0.05) is 43.5 Å². The molecule has 0 heterocycles. The van der Waals surface area contributed by atoms with Crippen molar-refractivity contribution in [1.29, 1.82) is 0 Å². The summed E-state index contributed by atoms with van der Waals surface area (Å²) in [5, 5.41) is 8.53. The first-order chi connectivity index (χ1) is 8.17. The van der Waals surface area contributed by atoms with E-state index in [-0.39, 0.29) is 13.2 Å². The molecule has 0 radical (unpaired) electrons. The van der Waals surface area contributed by atoms with Crippen LogP contribution in [0.5, 0.6) is 0 Å². The standard InChI is InChI=1S/C14H16O3/c1-3-12-4-6-13(7-5-12)10-11(2)14(16)17-9-8-15/h3-7,15H,1-2,8-10H2. The van der Waals surface area contributed by atoms with Crippen LogP contribution in [0, 0.1) is 0 Å².